The van der Waals surface area contributed by atoms with Crippen molar-refractivity contribution >= 4 is 32.6 Å². The van der Waals surface area contributed by atoms with Crippen LogP contribution in [0.5, 0.6) is 5.75 Å². The van der Waals surface area contributed by atoms with Gasteiger partial charge in [-0.1, -0.05) is 84.4 Å². The predicted molar refractivity (Wildman–Crippen MR) is 152 cm³/mol. The Balaban J connectivity index is 1.59. The van der Waals surface area contributed by atoms with Crippen LogP contribution in [0.25, 0.3) is 60.5 Å². The van der Waals surface area contributed by atoms with E-state index < -0.39 is 0 Å². The first-order valence-electron chi connectivity index (χ1n) is 12.3. The summed E-state index contributed by atoms with van der Waals surface area (Å²) in [6, 6.07) is 41.6. The molecular weight excluding hydrogens is 438 g/mol. The van der Waals surface area contributed by atoms with Gasteiger partial charge >= 0.3 is 0 Å². The molecule has 6 aromatic carbocycles. The fourth-order valence-corrected chi connectivity index (χ4v) is 5.62. The van der Waals surface area contributed by atoms with E-state index in [4.69, 9.17) is 4.74 Å². The summed E-state index contributed by atoms with van der Waals surface area (Å²) in [5.74, 6) is 0.870. The van der Waals surface area contributed by atoms with Gasteiger partial charge in [-0.25, -0.2) is 0 Å². The molecule has 7 aromatic rings. The van der Waals surface area contributed by atoms with Crippen molar-refractivity contribution in [3.63, 3.8) is 0 Å². The third-order valence-electron chi connectivity index (χ3n) is 7.37. The predicted octanol–water partition coefficient (Wildman–Crippen LogP) is 9.03. The molecule has 0 fully saturated rings. The Labute approximate surface area is 210 Å². The first-order valence-corrected chi connectivity index (χ1v) is 12.3. The molecule has 172 valence electrons. The largest absolute Gasteiger partial charge is 0.497 e. The molecule has 0 unspecified atom stereocenters. The second-order valence-electron chi connectivity index (χ2n) is 9.44. The highest BCUT2D eigenvalue weighted by atomic mass is 16.5. The van der Waals surface area contributed by atoms with Gasteiger partial charge in [0.25, 0.3) is 0 Å². The average Bonchev–Trinajstić information content (AvgIpc) is 3.28. The number of nitrogens with zero attached hydrogens (tertiary/aromatic N) is 1. The number of aryl methyl sites for hydroxylation is 1. The smallest absolute Gasteiger partial charge is 0.118 e. The number of ether oxygens (including phenoxy) is 1. The number of benzene rings is 6. The monoisotopic (exact) mass is 463 g/mol. The molecule has 0 spiro atoms. The number of hydrogen-bond donors (Lipinski definition) is 0. The number of aromatic nitrogens is 1. The van der Waals surface area contributed by atoms with Crippen LogP contribution in [0, 0.1) is 6.92 Å². The summed E-state index contributed by atoms with van der Waals surface area (Å²) in [5.41, 5.74) is 9.86. The van der Waals surface area contributed by atoms with E-state index in [1.54, 1.807) is 7.11 Å². The summed E-state index contributed by atoms with van der Waals surface area (Å²) in [6.45, 7) is 2.14. The highest BCUT2D eigenvalue weighted by Crippen LogP contribution is 2.45. The minimum absolute atomic E-state index is 0.870. The Morgan fingerprint density at radius 1 is 0.528 bits per heavy atom. The van der Waals surface area contributed by atoms with Crippen LogP contribution in [0.4, 0.5) is 0 Å². The van der Waals surface area contributed by atoms with Gasteiger partial charge in [-0.15, -0.1) is 0 Å². The number of rotatable bonds is 4. The van der Waals surface area contributed by atoms with Gasteiger partial charge in [0.2, 0.25) is 0 Å². The van der Waals surface area contributed by atoms with Crippen LogP contribution in [0.2, 0.25) is 0 Å². The van der Waals surface area contributed by atoms with E-state index in [1.807, 2.05) is 12.1 Å². The maximum atomic E-state index is 5.40. The van der Waals surface area contributed by atoms with E-state index in [1.165, 1.54) is 66.1 Å². The van der Waals surface area contributed by atoms with E-state index in [-0.39, 0.29) is 0 Å². The SMILES string of the molecule is COc1ccc(-c2ccc3c4c2ccc2c(-c5ccc(C)cc5)ccc(c24)n3-c2ccccc2)cc1. The molecule has 2 nitrogen and oxygen atoms in total. The zero-order chi connectivity index (χ0) is 24.2. The van der Waals surface area contributed by atoms with Crippen LogP contribution in [0.1, 0.15) is 5.56 Å². The fourth-order valence-electron chi connectivity index (χ4n) is 5.62. The van der Waals surface area contributed by atoms with Crippen molar-refractivity contribution in [1.82, 2.24) is 4.57 Å². The van der Waals surface area contributed by atoms with Crippen LogP contribution in [-0.4, -0.2) is 11.7 Å². The first-order chi connectivity index (χ1) is 17.7. The van der Waals surface area contributed by atoms with Crippen LogP contribution in [-0.2, 0) is 0 Å². The lowest BCUT2D eigenvalue weighted by atomic mass is 9.91. The molecule has 7 rings (SSSR count). The molecule has 1 heterocycles. The van der Waals surface area contributed by atoms with Gasteiger partial charge in [-0.3, -0.25) is 0 Å². The number of methoxy groups -OCH3 is 1. The van der Waals surface area contributed by atoms with Gasteiger partial charge in [-0.2, -0.15) is 0 Å². The molecule has 0 bridgehead atoms. The maximum Gasteiger partial charge on any atom is 0.118 e. The van der Waals surface area contributed by atoms with Crippen LogP contribution in [0.15, 0.2) is 115 Å². The van der Waals surface area contributed by atoms with E-state index in [9.17, 15) is 0 Å². The Bertz CT molecular complexity index is 1840. The molecule has 0 aliphatic rings. The van der Waals surface area contributed by atoms with Crippen LogP contribution < -0.4 is 4.74 Å². The van der Waals surface area contributed by atoms with Gasteiger partial charge in [-0.05, 0) is 76.3 Å². The first kappa shape index (κ1) is 20.8. The normalized spacial score (nSPS) is 11.6. The van der Waals surface area contributed by atoms with Crippen LogP contribution >= 0.6 is 0 Å². The van der Waals surface area contributed by atoms with Crippen molar-refractivity contribution < 1.29 is 4.74 Å². The lowest BCUT2D eigenvalue weighted by Crippen LogP contribution is -1.93. The van der Waals surface area contributed by atoms with Gasteiger partial charge in [0.05, 0.1) is 18.1 Å². The molecule has 2 heteroatoms. The van der Waals surface area contributed by atoms with E-state index in [0.29, 0.717) is 0 Å². The molecule has 0 radical (unpaired) electrons. The highest BCUT2D eigenvalue weighted by Gasteiger charge is 2.20. The topological polar surface area (TPSA) is 14.2 Å². The quantitative estimate of drug-likeness (QED) is 0.238. The van der Waals surface area contributed by atoms with Crippen molar-refractivity contribution in [3.8, 4) is 33.7 Å². The van der Waals surface area contributed by atoms with Crippen molar-refractivity contribution in [2.45, 2.75) is 6.92 Å². The van der Waals surface area contributed by atoms with E-state index >= 15 is 0 Å². The lowest BCUT2D eigenvalue weighted by Gasteiger charge is -2.12. The van der Waals surface area contributed by atoms with Crippen molar-refractivity contribution in [1.29, 1.82) is 0 Å². The fraction of sp³-hybridized carbons (Fsp3) is 0.0588. The Hall–Kier alpha value is -4.56. The standard InChI is InChI=1S/C34H25NO/c1-22-8-10-23(11-9-22)27-18-20-31-33-29(27)16-17-30-28(24-12-14-26(36-2)15-13-24)19-21-32(34(30)33)35(31)25-6-4-3-5-7-25/h3-21H,1-2H3. The minimum atomic E-state index is 0.870. The molecule has 0 saturated carbocycles. The third kappa shape index (κ3) is 3.04. The number of hydrogen-bond acceptors (Lipinski definition) is 1. The molecule has 0 atom stereocenters. The summed E-state index contributed by atoms with van der Waals surface area (Å²) < 4.78 is 7.80. The van der Waals surface area contributed by atoms with Crippen LogP contribution in [0.3, 0.4) is 0 Å². The summed E-state index contributed by atoms with van der Waals surface area (Å²) >= 11 is 0. The third-order valence-corrected chi connectivity index (χ3v) is 7.37. The van der Waals surface area contributed by atoms with E-state index in [2.05, 4.69) is 115 Å². The molecule has 0 aliphatic carbocycles. The Kier molecular flexibility index (Phi) is 4.62. The van der Waals surface area contributed by atoms with Gasteiger partial charge in [0.15, 0.2) is 0 Å². The lowest BCUT2D eigenvalue weighted by molar-refractivity contribution is 0.415. The second kappa shape index (κ2) is 8.00. The molecule has 0 N–H and O–H groups in total. The summed E-state index contributed by atoms with van der Waals surface area (Å²) in [4.78, 5) is 0. The van der Waals surface area contributed by atoms with Gasteiger partial charge < -0.3 is 9.30 Å². The molecule has 1 aromatic heterocycles. The molecule has 0 amide bonds. The Morgan fingerprint density at radius 2 is 1.06 bits per heavy atom. The second-order valence-corrected chi connectivity index (χ2v) is 9.44. The zero-order valence-electron chi connectivity index (χ0n) is 20.3. The molecular formula is C34H25NO. The Morgan fingerprint density at radius 3 is 1.58 bits per heavy atom. The molecule has 0 saturated heterocycles. The summed E-state index contributed by atoms with van der Waals surface area (Å²) in [7, 11) is 1.71. The average molecular weight is 464 g/mol. The van der Waals surface area contributed by atoms with Gasteiger partial charge in [0.1, 0.15) is 5.75 Å². The maximum absolute atomic E-state index is 5.40. The molecule has 0 aliphatic heterocycles. The summed E-state index contributed by atoms with van der Waals surface area (Å²) in [5, 5.41) is 5.19. The minimum Gasteiger partial charge on any atom is -0.497 e. The van der Waals surface area contributed by atoms with Crippen molar-refractivity contribution in [2.75, 3.05) is 7.11 Å². The van der Waals surface area contributed by atoms with E-state index in [0.717, 1.165) is 5.75 Å². The molecule has 36 heavy (non-hydrogen) atoms. The van der Waals surface area contributed by atoms with Crippen molar-refractivity contribution in [2.24, 2.45) is 0 Å². The van der Waals surface area contributed by atoms with Crippen molar-refractivity contribution in [3.05, 3.63) is 121 Å². The number of para-hydroxylation sites is 1. The highest BCUT2D eigenvalue weighted by molar-refractivity contribution is 6.28. The zero-order valence-corrected chi connectivity index (χ0v) is 20.3. The van der Waals surface area contributed by atoms with Gasteiger partial charge in [0, 0.05) is 16.5 Å². The summed E-state index contributed by atoms with van der Waals surface area (Å²) in [6.07, 6.45) is 0.